The Balaban J connectivity index is 1.92. The van der Waals surface area contributed by atoms with Gasteiger partial charge < -0.3 is 15.8 Å². The van der Waals surface area contributed by atoms with Gasteiger partial charge in [-0.2, -0.15) is 0 Å². The molecule has 0 saturated carbocycles. The zero-order valence-electron chi connectivity index (χ0n) is 11.2. The van der Waals surface area contributed by atoms with Crippen LogP contribution < -0.4 is 15.8 Å². The number of aromatic nitrogens is 1. The molecule has 2 aromatic rings. The molecular weight excluding hydrogens is 273 g/mol. The number of fused-ring (bicyclic) bond motifs is 1. The second kappa shape index (κ2) is 5.49. The van der Waals surface area contributed by atoms with Gasteiger partial charge in [0.25, 0.3) is 0 Å². The molecule has 1 aliphatic heterocycles. The van der Waals surface area contributed by atoms with Gasteiger partial charge >= 0.3 is 0 Å². The number of nitrogens with one attached hydrogen (secondary N) is 1. The molecule has 2 heterocycles. The second-order valence-corrected chi connectivity index (χ2v) is 4.74. The number of carbonyl (C=O) groups is 1. The number of carbonyl (C=O) groups excluding carboxylic acids is 1. The van der Waals surface area contributed by atoms with Crippen LogP contribution in [0.1, 0.15) is 17.5 Å². The van der Waals surface area contributed by atoms with Crippen LogP contribution in [0.3, 0.4) is 0 Å². The standard InChI is InChI=1S/C15H14FN3O2/c16-12-3-1-10(7-9(12)8-17)21-13-5-6-18-15-11(13)2-4-14(20)19-15/h1,3,5-7H,2,4,8,17H2,(H,18,19,20). The van der Waals surface area contributed by atoms with Gasteiger partial charge in [0.15, 0.2) is 0 Å². The Morgan fingerprint density at radius 1 is 1.33 bits per heavy atom. The van der Waals surface area contributed by atoms with E-state index in [1.165, 1.54) is 6.07 Å². The van der Waals surface area contributed by atoms with Crippen LogP contribution in [0.5, 0.6) is 11.5 Å². The number of benzene rings is 1. The Hall–Kier alpha value is -2.47. The third kappa shape index (κ3) is 2.71. The highest BCUT2D eigenvalue weighted by molar-refractivity contribution is 5.93. The van der Waals surface area contributed by atoms with E-state index in [1.54, 1.807) is 24.4 Å². The predicted octanol–water partition coefficient (Wildman–Crippen LogP) is 2.36. The predicted molar refractivity (Wildman–Crippen MR) is 75.6 cm³/mol. The van der Waals surface area contributed by atoms with Crippen molar-refractivity contribution >= 4 is 11.7 Å². The van der Waals surface area contributed by atoms with E-state index >= 15 is 0 Å². The topological polar surface area (TPSA) is 77.2 Å². The molecular formula is C15H14FN3O2. The molecule has 6 heteroatoms. The molecule has 0 bridgehead atoms. The monoisotopic (exact) mass is 287 g/mol. The SMILES string of the molecule is NCc1cc(Oc2ccnc3c2CCC(=O)N3)ccc1F. The molecule has 1 aliphatic rings. The summed E-state index contributed by atoms with van der Waals surface area (Å²) in [6.45, 7) is 0.105. The number of amides is 1. The van der Waals surface area contributed by atoms with Crippen molar-refractivity contribution in [1.29, 1.82) is 0 Å². The molecule has 3 rings (SSSR count). The number of hydrogen-bond acceptors (Lipinski definition) is 4. The first-order valence-electron chi connectivity index (χ1n) is 6.61. The molecule has 1 amide bonds. The first-order chi connectivity index (χ1) is 10.2. The fourth-order valence-corrected chi connectivity index (χ4v) is 2.25. The third-order valence-electron chi connectivity index (χ3n) is 3.34. The van der Waals surface area contributed by atoms with Gasteiger partial charge in [-0.05, 0) is 30.7 Å². The van der Waals surface area contributed by atoms with Crippen molar-refractivity contribution < 1.29 is 13.9 Å². The van der Waals surface area contributed by atoms with E-state index in [-0.39, 0.29) is 18.3 Å². The van der Waals surface area contributed by atoms with Crippen molar-refractivity contribution in [2.75, 3.05) is 5.32 Å². The highest BCUT2D eigenvalue weighted by Gasteiger charge is 2.20. The van der Waals surface area contributed by atoms with Crippen molar-refractivity contribution in [1.82, 2.24) is 4.98 Å². The smallest absolute Gasteiger partial charge is 0.225 e. The molecule has 108 valence electrons. The number of nitrogens with two attached hydrogens (primary N) is 1. The van der Waals surface area contributed by atoms with Gasteiger partial charge in [-0.15, -0.1) is 0 Å². The molecule has 1 aromatic carbocycles. The summed E-state index contributed by atoms with van der Waals surface area (Å²) in [5.41, 5.74) is 6.72. The average Bonchev–Trinajstić information content (AvgIpc) is 2.49. The summed E-state index contributed by atoms with van der Waals surface area (Å²) in [4.78, 5) is 15.5. The van der Waals surface area contributed by atoms with Crippen LogP contribution in [0, 0.1) is 5.82 Å². The van der Waals surface area contributed by atoms with Gasteiger partial charge in [0, 0.05) is 30.3 Å². The zero-order valence-corrected chi connectivity index (χ0v) is 11.2. The molecule has 21 heavy (non-hydrogen) atoms. The molecule has 0 atom stereocenters. The Morgan fingerprint density at radius 2 is 2.19 bits per heavy atom. The van der Waals surface area contributed by atoms with Crippen LogP contribution in [-0.4, -0.2) is 10.9 Å². The van der Waals surface area contributed by atoms with Gasteiger partial charge in [-0.25, -0.2) is 9.37 Å². The van der Waals surface area contributed by atoms with Crippen LogP contribution in [-0.2, 0) is 17.8 Å². The maximum Gasteiger partial charge on any atom is 0.225 e. The fourth-order valence-electron chi connectivity index (χ4n) is 2.25. The van der Waals surface area contributed by atoms with Crippen LogP contribution in [0.4, 0.5) is 10.2 Å². The summed E-state index contributed by atoms with van der Waals surface area (Å²) in [6, 6.07) is 6.17. The lowest BCUT2D eigenvalue weighted by atomic mass is 10.1. The number of anilines is 1. The zero-order chi connectivity index (χ0) is 14.8. The summed E-state index contributed by atoms with van der Waals surface area (Å²) in [6.07, 6.45) is 2.52. The van der Waals surface area contributed by atoms with Crippen molar-refractivity contribution in [3.05, 3.63) is 47.4 Å². The van der Waals surface area contributed by atoms with Gasteiger partial charge in [0.2, 0.25) is 5.91 Å². The number of pyridine rings is 1. The van der Waals surface area contributed by atoms with Crippen LogP contribution in [0.15, 0.2) is 30.5 Å². The van der Waals surface area contributed by atoms with Crippen molar-refractivity contribution in [2.24, 2.45) is 5.73 Å². The van der Waals surface area contributed by atoms with E-state index in [4.69, 9.17) is 10.5 Å². The lowest BCUT2D eigenvalue weighted by Crippen LogP contribution is -2.20. The minimum Gasteiger partial charge on any atom is -0.457 e. The Kier molecular flexibility index (Phi) is 3.53. The summed E-state index contributed by atoms with van der Waals surface area (Å²) >= 11 is 0. The van der Waals surface area contributed by atoms with E-state index in [0.717, 1.165) is 5.56 Å². The van der Waals surface area contributed by atoms with Gasteiger partial charge in [-0.1, -0.05) is 0 Å². The maximum absolute atomic E-state index is 13.4. The van der Waals surface area contributed by atoms with Gasteiger partial charge in [0.05, 0.1) is 0 Å². The van der Waals surface area contributed by atoms with Gasteiger partial charge in [0.1, 0.15) is 23.1 Å². The lowest BCUT2D eigenvalue weighted by Gasteiger charge is -2.19. The molecule has 5 nitrogen and oxygen atoms in total. The van der Waals surface area contributed by atoms with E-state index < -0.39 is 0 Å². The van der Waals surface area contributed by atoms with Crippen molar-refractivity contribution in [2.45, 2.75) is 19.4 Å². The average molecular weight is 287 g/mol. The summed E-state index contributed by atoms with van der Waals surface area (Å²) in [7, 11) is 0. The van der Waals surface area contributed by atoms with E-state index in [1.807, 2.05) is 0 Å². The second-order valence-electron chi connectivity index (χ2n) is 4.74. The molecule has 0 saturated heterocycles. The van der Waals surface area contributed by atoms with E-state index in [9.17, 15) is 9.18 Å². The van der Waals surface area contributed by atoms with E-state index in [2.05, 4.69) is 10.3 Å². The highest BCUT2D eigenvalue weighted by atomic mass is 19.1. The van der Waals surface area contributed by atoms with Crippen LogP contribution in [0.25, 0.3) is 0 Å². The summed E-state index contributed by atoms with van der Waals surface area (Å²) in [5.74, 6) is 1.22. The Morgan fingerprint density at radius 3 is 3.00 bits per heavy atom. The molecule has 0 radical (unpaired) electrons. The minimum absolute atomic E-state index is 0.0562. The number of nitrogens with zero attached hydrogens (tertiary/aromatic N) is 1. The lowest BCUT2D eigenvalue weighted by molar-refractivity contribution is -0.116. The molecule has 0 fully saturated rings. The first kappa shape index (κ1) is 13.5. The molecule has 0 unspecified atom stereocenters. The summed E-state index contributed by atoms with van der Waals surface area (Å²) < 4.78 is 19.2. The van der Waals surface area contributed by atoms with Crippen LogP contribution >= 0.6 is 0 Å². The molecule has 0 aliphatic carbocycles. The van der Waals surface area contributed by atoms with Gasteiger partial charge in [-0.3, -0.25) is 4.79 Å². The number of halogens is 1. The molecule has 1 aromatic heterocycles. The Bertz CT molecular complexity index is 703. The quantitative estimate of drug-likeness (QED) is 0.908. The number of rotatable bonds is 3. The number of ether oxygens (including phenoxy) is 1. The highest BCUT2D eigenvalue weighted by Crippen LogP contribution is 2.32. The normalized spacial score (nSPS) is 13.5. The Labute approximate surface area is 120 Å². The fraction of sp³-hybridized carbons (Fsp3) is 0.200. The first-order valence-corrected chi connectivity index (χ1v) is 6.61. The van der Waals surface area contributed by atoms with Crippen LogP contribution in [0.2, 0.25) is 0 Å². The maximum atomic E-state index is 13.4. The summed E-state index contributed by atoms with van der Waals surface area (Å²) in [5, 5.41) is 2.71. The van der Waals surface area contributed by atoms with E-state index in [0.29, 0.717) is 35.7 Å². The number of hydrogen-bond donors (Lipinski definition) is 2. The molecule has 0 spiro atoms. The van der Waals surface area contributed by atoms with Crippen molar-refractivity contribution in [3.8, 4) is 11.5 Å². The largest absolute Gasteiger partial charge is 0.457 e. The van der Waals surface area contributed by atoms with Crippen molar-refractivity contribution in [3.63, 3.8) is 0 Å². The third-order valence-corrected chi connectivity index (χ3v) is 3.34. The molecule has 3 N–H and O–H groups in total. The minimum atomic E-state index is -0.353.